The van der Waals surface area contributed by atoms with Crippen LogP contribution in [0.4, 0.5) is 0 Å². The Labute approximate surface area is 233 Å². The number of carbonyl (C=O) groups excluding carboxylic acids is 4. The predicted octanol–water partition coefficient (Wildman–Crippen LogP) is 6.72. The molecule has 0 amide bonds. The van der Waals surface area contributed by atoms with Crippen LogP contribution in [0.5, 0.6) is 0 Å². The van der Waals surface area contributed by atoms with Gasteiger partial charge in [0.15, 0.2) is 11.6 Å². The Kier molecular flexibility index (Phi) is 10.1. The molecule has 0 atom stereocenters. The van der Waals surface area contributed by atoms with E-state index in [1.165, 1.54) is 0 Å². The van der Waals surface area contributed by atoms with Crippen molar-refractivity contribution in [2.24, 2.45) is 0 Å². The first kappa shape index (κ1) is 28.2. The minimum Gasteiger partial charge on any atom is -0.462 e. The first-order chi connectivity index (χ1) is 19.6. The fourth-order valence-corrected chi connectivity index (χ4v) is 4.25. The third-order valence-corrected chi connectivity index (χ3v) is 6.36. The summed E-state index contributed by atoms with van der Waals surface area (Å²) in [6.07, 6.45) is 2.84. The SMILES string of the molecule is O=C(OCCCCCCOC(=O)c1ccccc1C(=O)c1ccccc1)c1ccccc1C(=O)c1ccccc1. The van der Waals surface area contributed by atoms with Gasteiger partial charge >= 0.3 is 11.9 Å². The van der Waals surface area contributed by atoms with Crippen LogP contribution >= 0.6 is 0 Å². The predicted molar refractivity (Wildman–Crippen MR) is 152 cm³/mol. The molecule has 0 aromatic heterocycles. The van der Waals surface area contributed by atoms with Crippen LogP contribution in [-0.4, -0.2) is 36.7 Å². The molecule has 0 saturated heterocycles. The number of hydrogen-bond acceptors (Lipinski definition) is 6. The average molecular weight is 535 g/mol. The topological polar surface area (TPSA) is 86.7 Å². The summed E-state index contributed by atoms with van der Waals surface area (Å²) < 4.78 is 10.8. The van der Waals surface area contributed by atoms with Gasteiger partial charge < -0.3 is 9.47 Å². The number of ether oxygens (including phenoxy) is 2. The van der Waals surface area contributed by atoms with E-state index in [4.69, 9.17) is 9.47 Å². The lowest BCUT2D eigenvalue weighted by atomic mass is 9.98. The summed E-state index contributed by atoms with van der Waals surface area (Å²) in [6.45, 7) is 0.447. The van der Waals surface area contributed by atoms with Crippen molar-refractivity contribution in [1.82, 2.24) is 0 Å². The first-order valence-electron chi connectivity index (χ1n) is 13.3. The van der Waals surface area contributed by atoms with Crippen LogP contribution < -0.4 is 0 Å². The van der Waals surface area contributed by atoms with Gasteiger partial charge in [0.25, 0.3) is 0 Å². The molecule has 4 rings (SSSR count). The molecule has 202 valence electrons. The summed E-state index contributed by atoms with van der Waals surface area (Å²) in [5.41, 5.74) is 2.13. The van der Waals surface area contributed by atoms with Crippen LogP contribution in [0.2, 0.25) is 0 Å². The first-order valence-corrected chi connectivity index (χ1v) is 13.3. The Hall–Kier alpha value is -4.84. The van der Waals surface area contributed by atoms with E-state index in [0.717, 1.165) is 12.8 Å². The number of unbranched alkanes of at least 4 members (excludes halogenated alkanes) is 3. The van der Waals surface area contributed by atoms with Crippen LogP contribution in [-0.2, 0) is 9.47 Å². The van der Waals surface area contributed by atoms with E-state index < -0.39 is 11.9 Å². The van der Waals surface area contributed by atoms with Gasteiger partial charge in [-0.15, -0.1) is 0 Å². The Morgan fingerprint density at radius 3 is 1.10 bits per heavy atom. The molecule has 0 spiro atoms. The standard InChI is InChI=1S/C34H30O6/c35-31(25-15-5-3-6-16-25)27-19-9-11-21-29(27)33(37)39-23-13-1-2-14-24-40-34(38)30-22-12-10-20-28(30)32(36)26-17-7-4-8-18-26/h3-12,15-22H,1-2,13-14,23-24H2. The summed E-state index contributed by atoms with van der Waals surface area (Å²) in [6, 6.07) is 30.9. The molecule has 0 aliphatic rings. The number of hydrogen-bond donors (Lipinski definition) is 0. The Bertz CT molecular complexity index is 1350. The van der Waals surface area contributed by atoms with Crippen molar-refractivity contribution < 1.29 is 28.7 Å². The van der Waals surface area contributed by atoms with Crippen molar-refractivity contribution in [2.45, 2.75) is 25.7 Å². The molecule has 0 aliphatic carbocycles. The highest BCUT2D eigenvalue weighted by atomic mass is 16.5. The second-order valence-corrected chi connectivity index (χ2v) is 9.17. The maximum absolute atomic E-state index is 12.8. The number of esters is 2. The highest BCUT2D eigenvalue weighted by Gasteiger charge is 2.20. The van der Waals surface area contributed by atoms with E-state index in [0.29, 0.717) is 35.1 Å². The van der Waals surface area contributed by atoms with Gasteiger partial charge in [-0.2, -0.15) is 0 Å². The van der Waals surface area contributed by atoms with E-state index in [-0.39, 0.29) is 35.9 Å². The zero-order valence-corrected chi connectivity index (χ0v) is 22.1. The van der Waals surface area contributed by atoms with Crippen LogP contribution in [0.1, 0.15) is 78.2 Å². The van der Waals surface area contributed by atoms with Crippen molar-refractivity contribution in [2.75, 3.05) is 13.2 Å². The largest absolute Gasteiger partial charge is 0.462 e. The van der Waals surface area contributed by atoms with Crippen LogP contribution in [0.3, 0.4) is 0 Å². The number of ketones is 2. The van der Waals surface area contributed by atoms with E-state index in [2.05, 4.69) is 0 Å². The minimum atomic E-state index is -0.530. The van der Waals surface area contributed by atoms with Crippen molar-refractivity contribution in [3.05, 3.63) is 143 Å². The number of carbonyl (C=O) groups is 4. The maximum Gasteiger partial charge on any atom is 0.338 e. The molecule has 6 heteroatoms. The van der Waals surface area contributed by atoms with Gasteiger partial charge in [0.2, 0.25) is 0 Å². The van der Waals surface area contributed by atoms with Crippen LogP contribution in [0, 0.1) is 0 Å². The molecule has 4 aromatic rings. The summed E-state index contributed by atoms with van der Waals surface area (Å²) in [5, 5.41) is 0. The lowest BCUT2D eigenvalue weighted by Crippen LogP contribution is -2.13. The second-order valence-electron chi connectivity index (χ2n) is 9.17. The van der Waals surface area contributed by atoms with E-state index in [1.807, 2.05) is 12.1 Å². The van der Waals surface area contributed by atoms with Crippen LogP contribution in [0.15, 0.2) is 109 Å². The third-order valence-electron chi connectivity index (χ3n) is 6.36. The zero-order chi connectivity index (χ0) is 28.2. The van der Waals surface area contributed by atoms with E-state index in [9.17, 15) is 19.2 Å². The molecule has 0 fully saturated rings. The Morgan fingerprint density at radius 2 is 0.725 bits per heavy atom. The fourth-order valence-electron chi connectivity index (χ4n) is 4.25. The van der Waals surface area contributed by atoms with Gasteiger partial charge in [0.05, 0.1) is 24.3 Å². The smallest absolute Gasteiger partial charge is 0.338 e. The van der Waals surface area contributed by atoms with E-state index in [1.54, 1.807) is 97.1 Å². The van der Waals surface area contributed by atoms with Crippen molar-refractivity contribution in [3.8, 4) is 0 Å². The molecule has 0 unspecified atom stereocenters. The highest BCUT2D eigenvalue weighted by Crippen LogP contribution is 2.18. The summed E-state index contributed by atoms with van der Waals surface area (Å²) in [5.74, 6) is -1.51. The van der Waals surface area contributed by atoms with Crippen molar-refractivity contribution >= 4 is 23.5 Å². The lowest BCUT2D eigenvalue weighted by Gasteiger charge is -2.10. The molecule has 40 heavy (non-hydrogen) atoms. The molecule has 0 bridgehead atoms. The molecule has 0 saturated carbocycles. The maximum atomic E-state index is 12.8. The fraction of sp³-hybridized carbons (Fsp3) is 0.176. The second kappa shape index (κ2) is 14.4. The minimum absolute atomic E-state index is 0.224. The molecule has 0 N–H and O–H groups in total. The molecule has 0 radical (unpaired) electrons. The van der Waals surface area contributed by atoms with Gasteiger partial charge in [-0.3, -0.25) is 9.59 Å². The van der Waals surface area contributed by atoms with Crippen LogP contribution in [0.25, 0.3) is 0 Å². The lowest BCUT2D eigenvalue weighted by molar-refractivity contribution is 0.0472. The molecule has 0 heterocycles. The molecule has 6 nitrogen and oxygen atoms in total. The van der Waals surface area contributed by atoms with E-state index >= 15 is 0 Å². The number of rotatable bonds is 13. The molecular formula is C34H30O6. The van der Waals surface area contributed by atoms with Gasteiger partial charge in [0.1, 0.15) is 0 Å². The van der Waals surface area contributed by atoms with Gasteiger partial charge in [-0.25, -0.2) is 9.59 Å². The normalized spacial score (nSPS) is 10.5. The summed E-state index contributed by atoms with van der Waals surface area (Å²) in [4.78, 5) is 51.0. The Balaban J connectivity index is 1.18. The van der Waals surface area contributed by atoms with Gasteiger partial charge in [0, 0.05) is 22.3 Å². The number of benzene rings is 4. The summed E-state index contributed by atoms with van der Waals surface area (Å²) >= 11 is 0. The average Bonchev–Trinajstić information content (AvgIpc) is 3.02. The van der Waals surface area contributed by atoms with Crippen molar-refractivity contribution in [1.29, 1.82) is 0 Å². The molecule has 4 aromatic carbocycles. The van der Waals surface area contributed by atoms with Gasteiger partial charge in [-0.1, -0.05) is 97.1 Å². The third kappa shape index (κ3) is 7.38. The highest BCUT2D eigenvalue weighted by molar-refractivity contribution is 6.15. The Morgan fingerprint density at radius 1 is 0.400 bits per heavy atom. The monoisotopic (exact) mass is 534 g/mol. The molecule has 0 aliphatic heterocycles. The quantitative estimate of drug-likeness (QED) is 0.107. The zero-order valence-electron chi connectivity index (χ0n) is 22.1. The van der Waals surface area contributed by atoms with Crippen molar-refractivity contribution in [3.63, 3.8) is 0 Å². The summed E-state index contributed by atoms with van der Waals surface area (Å²) in [7, 11) is 0. The van der Waals surface area contributed by atoms with Gasteiger partial charge in [-0.05, 0) is 37.8 Å². The molecular weight excluding hydrogens is 504 g/mol.